The minimum absolute atomic E-state index is 0.0126. The van der Waals surface area contributed by atoms with Crippen LogP contribution in [0.2, 0.25) is 0 Å². The first-order valence-corrected chi connectivity index (χ1v) is 11.2. The number of amides is 3. The summed E-state index contributed by atoms with van der Waals surface area (Å²) in [6.45, 7) is 9.37. The van der Waals surface area contributed by atoms with Crippen LogP contribution in [-0.4, -0.2) is 42.3 Å². The SMILES string of the molecule is CCCN(CCC)C(=O)c1ccc(NC(=O)CNc2ccc(C)c(NC(=O)CC)c2)cc1. The van der Waals surface area contributed by atoms with Crippen molar-refractivity contribution in [1.82, 2.24) is 4.90 Å². The van der Waals surface area contributed by atoms with Crippen molar-refractivity contribution in [3.63, 3.8) is 0 Å². The molecule has 0 heterocycles. The fourth-order valence-electron chi connectivity index (χ4n) is 3.23. The number of hydrogen-bond donors (Lipinski definition) is 3. The van der Waals surface area contributed by atoms with Crippen molar-refractivity contribution in [2.45, 2.75) is 47.0 Å². The summed E-state index contributed by atoms with van der Waals surface area (Å²) in [5.74, 6) is -0.251. The maximum Gasteiger partial charge on any atom is 0.253 e. The predicted octanol–water partition coefficient (Wildman–Crippen LogP) is 4.66. The summed E-state index contributed by atoms with van der Waals surface area (Å²) in [6.07, 6.45) is 2.24. The highest BCUT2D eigenvalue weighted by molar-refractivity contribution is 5.97. The average molecular weight is 439 g/mol. The van der Waals surface area contributed by atoms with Gasteiger partial charge in [0.2, 0.25) is 11.8 Å². The Hall–Kier alpha value is -3.35. The Labute approximate surface area is 190 Å². The van der Waals surface area contributed by atoms with Crippen molar-refractivity contribution in [3.05, 3.63) is 53.6 Å². The maximum absolute atomic E-state index is 12.7. The van der Waals surface area contributed by atoms with E-state index in [1.165, 1.54) is 0 Å². The molecule has 0 bridgehead atoms. The van der Waals surface area contributed by atoms with Gasteiger partial charge in [0.15, 0.2) is 0 Å². The maximum atomic E-state index is 12.7. The quantitative estimate of drug-likeness (QED) is 0.476. The third-order valence-electron chi connectivity index (χ3n) is 4.98. The van der Waals surface area contributed by atoms with E-state index in [2.05, 4.69) is 29.8 Å². The topological polar surface area (TPSA) is 90.5 Å². The van der Waals surface area contributed by atoms with Crippen molar-refractivity contribution in [2.24, 2.45) is 0 Å². The molecule has 32 heavy (non-hydrogen) atoms. The fraction of sp³-hybridized carbons (Fsp3) is 0.400. The fourth-order valence-corrected chi connectivity index (χ4v) is 3.23. The van der Waals surface area contributed by atoms with E-state index < -0.39 is 0 Å². The molecule has 0 aliphatic heterocycles. The number of hydrogen-bond acceptors (Lipinski definition) is 4. The van der Waals surface area contributed by atoms with E-state index in [4.69, 9.17) is 0 Å². The van der Waals surface area contributed by atoms with Gasteiger partial charge in [-0.15, -0.1) is 0 Å². The predicted molar refractivity (Wildman–Crippen MR) is 130 cm³/mol. The summed E-state index contributed by atoms with van der Waals surface area (Å²) >= 11 is 0. The monoisotopic (exact) mass is 438 g/mol. The number of nitrogens with zero attached hydrogens (tertiary/aromatic N) is 1. The first kappa shape index (κ1) is 24.9. The lowest BCUT2D eigenvalue weighted by atomic mass is 10.1. The smallest absolute Gasteiger partial charge is 0.253 e. The van der Waals surface area contributed by atoms with Crippen LogP contribution in [0.5, 0.6) is 0 Å². The van der Waals surface area contributed by atoms with Crippen LogP contribution >= 0.6 is 0 Å². The summed E-state index contributed by atoms with van der Waals surface area (Å²) in [7, 11) is 0. The van der Waals surface area contributed by atoms with E-state index in [0.717, 1.165) is 42.9 Å². The zero-order valence-corrected chi connectivity index (χ0v) is 19.5. The van der Waals surface area contributed by atoms with Crippen molar-refractivity contribution in [1.29, 1.82) is 0 Å². The second kappa shape index (κ2) is 12.5. The normalized spacial score (nSPS) is 10.4. The van der Waals surface area contributed by atoms with Crippen molar-refractivity contribution in [3.8, 4) is 0 Å². The lowest BCUT2D eigenvalue weighted by molar-refractivity contribution is -0.116. The largest absolute Gasteiger partial charge is 0.376 e. The molecule has 0 spiro atoms. The molecule has 0 saturated heterocycles. The van der Waals surface area contributed by atoms with Crippen molar-refractivity contribution >= 4 is 34.8 Å². The van der Waals surface area contributed by atoms with Crippen LogP contribution < -0.4 is 16.0 Å². The minimum Gasteiger partial charge on any atom is -0.376 e. The number of benzene rings is 2. The summed E-state index contributed by atoms with van der Waals surface area (Å²) in [6, 6.07) is 12.5. The van der Waals surface area contributed by atoms with E-state index in [1.54, 1.807) is 31.2 Å². The third-order valence-corrected chi connectivity index (χ3v) is 4.98. The molecule has 3 N–H and O–H groups in total. The molecule has 7 heteroatoms. The molecular formula is C25H34N4O3. The first-order valence-electron chi connectivity index (χ1n) is 11.2. The highest BCUT2D eigenvalue weighted by atomic mass is 16.2. The Morgan fingerprint density at radius 2 is 1.44 bits per heavy atom. The zero-order valence-electron chi connectivity index (χ0n) is 19.5. The van der Waals surface area contributed by atoms with E-state index in [0.29, 0.717) is 17.7 Å². The molecule has 0 unspecified atom stereocenters. The van der Waals surface area contributed by atoms with E-state index in [-0.39, 0.29) is 24.3 Å². The Balaban J connectivity index is 1.93. The number of carbonyl (C=O) groups is 3. The molecule has 0 atom stereocenters. The standard InChI is InChI=1S/C25H34N4O3/c1-5-14-29(15-6-2)25(32)19-9-12-20(13-10-19)27-24(31)17-26-21-11-8-18(4)22(16-21)28-23(30)7-3/h8-13,16,26H,5-7,14-15,17H2,1-4H3,(H,27,31)(H,28,30). The lowest BCUT2D eigenvalue weighted by Gasteiger charge is -2.21. The molecule has 172 valence electrons. The van der Waals surface area contributed by atoms with Crippen LogP contribution in [0, 0.1) is 6.92 Å². The van der Waals surface area contributed by atoms with E-state index in [9.17, 15) is 14.4 Å². The van der Waals surface area contributed by atoms with Gasteiger partial charge in [-0.25, -0.2) is 0 Å². The van der Waals surface area contributed by atoms with E-state index in [1.807, 2.05) is 30.0 Å². The Morgan fingerprint density at radius 1 is 0.812 bits per heavy atom. The Morgan fingerprint density at radius 3 is 2.03 bits per heavy atom. The van der Waals surface area contributed by atoms with Crippen molar-refractivity contribution in [2.75, 3.05) is 35.6 Å². The number of anilines is 3. The molecule has 2 rings (SSSR count). The van der Waals surface area contributed by atoms with Gasteiger partial charge in [-0.2, -0.15) is 0 Å². The van der Waals surface area contributed by atoms with Crippen LogP contribution in [-0.2, 0) is 9.59 Å². The van der Waals surface area contributed by atoms with Gasteiger partial charge < -0.3 is 20.9 Å². The van der Waals surface area contributed by atoms with Crippen LogP contribution in [0.15, 0.2) is 42.5 Å². The number of aryl methyl sites for hydroxylation is 1. The van der Waals surface area contributed by atoms with Gasteiger partial charge in [0.05, 0.1) is 6.54 Å². The van der Waals surface area contributed by atoms with Crippen LogP contribution in [0.1, 0.15) is 56.0 Å². The molecule has 0 aliphatic rings. The molecular weight excluding hydrogens is 404 g/mol. The van der Waals surface area contributed by atoms with Gasteiger partial charge in [0.25, 0.3) is 5.91 Å². The molecule has 2 aromatic rings. The number of carbonyl (C=O) groups excluding carboxylic acids is 3. The summed E-state index contributed by atoms with van der Waals surface area (Å²) in [5, 5.41) is 8.76. The van der Waals surface area contributed by atoms with Crippen molar-refractivity contribution < 1.29 is 14.4 Å². The Bertz CT molecular complexity index is 919. The molecule has 0 saturated carbocycles. The molecule has 0 aromatic heterocycles. The van der Waals surface area contributed by atoms with Gasteiger partial charge >= 0.3 is 0 Å². The molecule has 3 amide bonds. The van der Waals surface area contributed by atoms with Crippen LogP contribution in [0.25, 0.3) is 0 Å². The highest BCUT2D eigenvalue weighted by Crippen LogP contribution is 2.20. The van der Waals surface area contributed by atoms with Gasteiger partial charge in [-0.05, 0) is 61.7 Å². The minimum atomic E-state index is -0.206. The van der Waals surface area contributed by atoms with Gasteiger partial charge in [0.1, 0.15) is 0 Å². The average Bonchev–Trinajstić information content (AvgIpc) is 2.79. The number of nitrogens with one attached hydrogen (secondary N) is 3. The van der Waals surface area contributed by atoms with E-state index >= 15 is 0 Å². The number of rotatable bonds is 11. The highest BCUT2D eigenvalue weighted by Gasteiger charge is 2.14. The Kier molecular flexibility index (Phi) is 9.73. The summed E-state index contributed by atoms with van der Waals surface area (Å²) in [5.41, 5.74) is 3.66. The molecule has 2 aromatic carbocycles. The van der Waals surface area contributed by atoms with Gasteiger partial charge in [-0.3, -0.25) is 14.4 Å². The van der Waals surface area contributed by atoms with Crippen LogP contribution in [0.3, 0.4) is 0 Å². The molecule has 0 aliphatic carbocycles. The summed E-state index contributed by atoms with van der Waals surface area (Å²) in [4.78, 5) is 38.5. The second-order valence-electron chi connectivity index (χ2n) is 7.70. The van der Waals surface area contributed by atoms with Gasteiger partial charge in [0, 0.05) is 42.1 Å². The third kappa shape index (κ3) is 7.41. The molecule has 7 nitrogen and oxygen atoms in total. The van der Waals surface area contributed by atoms with Crippen LogP contribution in [0.4, 0.5) is 17.1 Å². The summed E-state index contributed by atoms with van der Waals surface area (Å²) < 4.78 is 0. The lowest BCUT2D eigenvalue weighted by Crippen LogP contribution is -2.32. The van der Waals surface area contributed by atoms with Gasteiger partial charge in [-0.1, -0.05) is 26.8 Å². The molecule has 0 radical (unpaired) electrons. The second-order valence-corrected chi connectivity index (χ2v) is 7.70. The zero-order chi connectivity index (χ0) is 23.5. The molecule has 0 fully saturated rings. The first-order chi connectivity index (χ1) is 15.4.